The van der Waals surface area contributed by atoms with Crippen molar-refractivity contribution in [1.29, 1.82) is 0 Å². The Kier molecular flexibility index (Phi) is 5.98. The number of benzene rings is 1. The Balaban J connectivity index is 1.34. The molecule has 10 heteroatoms. The van der Waals surface area contributed by atoms with Gasteiger partial charge < -0.3 is 10.2 Å². The number of nitrogens with zero attached hydrogens (tertiary/aromatic N) is 5. The van der Waals surface area contributed by atoms with Gasteiger partial charge in [0.2, 0.25) is 5.95 Å². The predicted octanol–water partition coefficient (Wildman–Crippen LogP) is 3.43. The third-order valence-electron chi connectivity index (χ3n) is 4.59. The van der Waals surface area contributed by atoms with Crippen LogP contribution in [0.15, 0.2) is 42.0 Å². The fourth-order valence-electron chi connectivity index (χ4n) is 3.10. The zero-order valence-corrected chi connectivity index (χ0v) is 17.0. The topological polar surface area (TPSA) is 74.2 Å². The number of anilines is 2. The molecule has 3 aromatic rings. The number of carbonyl (C=O) groups excluding carboxylic acids is 1. The maximum atomic E-state index is 14.1. The molecule has 0 unspecified atom stereocenters. The van der Waals surface area contributed by atoms with Crippen LogP contribution in [0.1, 0.15) is 16.1 Å². The maximum absolute atomic E-state index is 14.1. The largest absolute Gasteiger partial charge is 0.336 e. The number of hydrogen-bond acceptors (Lipinski definition) is 7. The molecule has 0 spiro atoms. The molecule has 1 saturated heterocycles. The van der Waals surface area contributed by atoms with Crippen LogP contribution in [0.5, 0.6) is 0 Å². The number of piperazine rings is 1. The molecule has 1 fully saturated rings. The second-order valence-electron chi connectivity index (χ2n) is 6.50. The molecule has 7 nitrogen and oxygen atoms in total. The van der Waals surface area contributed by atoms with E-state index in [1.165, 1.54) is 23.5 Å². The van der Waals surface area contributed by atoms with E-state index in [0.717, 1.165) is 10.8 Å². The third kappa shape index (κ3) is 4.69. The lowest BCUT2D eigenvalue weighted by Crippen LogP contribution is -2.48. The van der Waals surface area contributed by atoms with Crippen molar-refractivity contribution in [3.05, 3.63) is 64.1 Å². The summed E-state index contributed by atoms with van der Waals surface area (Å²) in [7, 11) is 0. The number of thiazole rings is 1. The van der Waals surface area contributed by atoms with Gasteiger partial charge in [0.05, 0.1) is 16.3 Å². The molecule has 1 N–H and O–H groups in total. The number of nitrogens with one attached hydrogen (secondary N) is 1. The number of aromatic nitrogens is 3. The Morgan fingerprint density at radius 3 is 2.76 bits per heavy atom. The number of hydrogen-bond donors (Lipinski definition) is 1. The highest BCUT2D eigenvalue weighted by Crippen LogP contribution is 2.20. The Hall–Kier alpha value is -2.62. The van der Waals surface area contributed by atoms with Crippen molar-refractivity contribution in [2.45, 2.75) is 6.54 Å². The summed E-state index contributed by atoms with van der Waals surface area (Å²) in [6.45, 7) is 3.02. The maximum Gasteiger partial charge on any atom is 0.256 e. The zero-order valence-electron chi connectivity index (χ0n) is 15.4. The van der Waals surface area contributed by atoms with E-state index in [2.05, 4.69) is 25.2 Å². The summed E-state index contributed by atoms with van der Waals surface area (Å²) in [5, 5.41) is 5.65. The van der Waals surface area contributed by atoms with Gasteiger partial charge in [0.15, 0.2) is 10.9 Å². The Morgan fingerprint density at radius 1 is 1.17 bits per heavy atom. The number of halogens is 2. The second kappa shape index (κ2) is 8.81. The lowest BCUT2D eigenvalue weighted by Gasteiger charge is -2.34. The summed E-state index contributed by atoms with van der Waals surface area (Å²) in [5.74, 6) is -0.493. The zero-order chi connectivity index (χ0) is 20.2. The van der Waals surface area contributed by atoms with Crippen LogP contribution in [-0.4, -0.2) is 56.8 Å². The van der Waals surface area contributed by atoms with Crippen molar-refractivity contribution in [1.82, 2.24) is 24.8 Å². The average Bonchev–Trinajstić information content (AvgIpc) is 3.23. The van der Waals surface area contributed by atoms with Crippen molar-refractivity contribution in [2.75, 3.05) is 31.5 Å². The summed E-state index contributed by atoms with van der Waals surface area (Å²) >= 11 is 7.27. The minimum Gasteiger partial charge on any atom is -0.336 e. The summed E-state index contributed by atoms with van der Waals surface area (Å²) in [6, 6.07) is 6.35. The molecule has 29 heavy (non-hydrogen) atoms. The van der Waals surface area contributed by atoms with Crippen molar-refractivity contribution in [3.63, 3.8) is 0 Å². The molecule has 0 atom stereocenters. The van der Waals surface area contributed by atoms with Crippen LogP contribution in [0.25, 0.3) is 0 Å². The smallest absolute Gasteiger partial charge is 0.256 e. The van der Waals surface area contributed by atoms with E-state index in [1.807, 2.05) is 11.4 Å². The van der Waals surface area contributed by atoms with Crippen LogP contribution in [-0.2, 0) is 6.54 Å². The first-order chi connectivity index (χ1) is 14.1. The van der Waals surface area contributed by atoms with Crippen LogP contribution in [0.3, 0.4) is 0 Å². The lowest BCUT2D eigenvalue weighted by atomic mass is 10.1. The minimum absolute atomic E-state index is 0.0136. The highest BCUT2D eigenvalue weighted by Gasteiger charge is 2.25. The SMILES string of the molecule is O=C(c1cccc(Cl)c1F)N1CCN(Cc2ccnc(Nc3nccs3)n2)CC1. The molecule has 0 radical (unpaired) electrons. The van der Waals surface area contributed by atoms with E-state index in [4.69, 9.17) is 11.6 Å². The summed E-state index contributed by atoms with van der Waals surface area (Å²) in [5.41, 5.74) is 0.888. The Morgan fingerprint density at radius 2 is 2.00 bits per heavy atom. The van der Waals surface area contributed by atoms with E-state index in [9.17, 15) is 9.18 Å². The van der Waals surface area contributed by atoms with Gasteiger partial charge in [-0.25, -0.2) is 19.3 Å². The Bertz CT molecular complexity index is 994. The fourth-order valence-corrected chi connectivity index (χ4v) is 3.80. The molecule has 1 aromatic carbocycles. The molecule has 0 aliphatic carbocycles. The van der Waals surface area contributed by atoms with E-state index < -0.39 is 5.82 Å². The number of rotatable bonds is 5. The van der Waals surface area contributed by atoms with Gasteiger partial charge in [-0.15, -0.1) is 11.3 Å². The van der Waals surface area contributed by atoms with Gasteiger partial charge in [-0.1, -0.05) is 17.7 Å². The van der Waals surface area contributed by atoms with Crippen LogP contribution >= 0.6 is 22.9 Å². The lowest BCUT2D eigenvalue weighted by molar-refractivity contribution is 0.0622. The van der Waals surface area contributed by atoms with Crippen molar-refractivity contribution in [2.24, 2.45) is 0 Å². The van der Waals surface area contributed by atoms with Gasteiger partial charge in [0, 0.05) is 50.5 Å². The molecule has 1 amide bonds. The highest BCUT2D eigenvalue weighted by molar-refractivity contribution is 7.13. The minimum atomic E-state index is -0.664. The van der Waals surface area contributed by atoms with Gasteiger partial charge >= 0.3 is 0 Å². The molecule has 1 aliphatic heterocycles. The summed E-state index contributed by atoms with van der Waals surface area (Å²) in [4.78, 5) is 29.4. The first kappa shape index (κ1) is 19.7. The Labute approximate surface area is 176 Å². The summed E-state index contributed by atoms with van der Waals surface area (Å²) < 4.78 is 14.1. The first-order valence-corrected chi connectivity index (χ1v) is 10.3. The van der Waals surface area contributed by atoms with Crippen LogP contribution in [0.4, 0.5) is 15.5 Å². The van der Waals surface area contributed by atoms with E-state index in [1.54, 1.807) is 23.4 Å². The predicted molar refractivity (Wildman–Crippen MR) is 110 cm³/mol. The van der Waals surface area contributed by atoms with Gasteiger partial charge in [-0.3, -0.25) is 9.69 Å². The van der Waals surface area contributed by atoms with Gasteiger partial charge in [0.1, 0.15) is 0 Å². The monoisotopic (exact) mass is 432 g/mol. The van der Waals surface area contributed by atoms with E-state index in [0.29, 0.717) is 38.7 Å². The first-order valence-electron chi connectivity index (χ1n) is 9.04. The van der Waals surface area contributed by atoms with Gasteiger partial charge in [-0.2, -0.15) is 0 Å². The normalized spacial score (nSPS) is 14.8. The highest BCUT2D eigenvalue weighted by atomic mass is 35.5. The van der Waals surface area contributed by atoms with Gasteiger partial charge in [-0.05, 0) is 18.2 Å². The molecule has 4 rings (SSSR count). The van der Waals surface area contributed by atoms with Crippen molar-refractivity contribution >= 4 is 39.9 Å². The van der Waals surface area contributed by atoms with Crippen LogP contribution in [0, 0.1) is 5.82 Å². The molecule has 2 aromatic heterocycles. The van der Waals surface area contributed by atoms with Crippen molar-refractivity contribution in [3.8, 4) is 0 Å². The van der Waals surface area contributed by atoms with Crippen molar-refractivity contribution < 1.29 is 9.18 Å². The van der Waals surface area contributed by atoms with Gasteiger partial charge in [0.25, 0.3) is 5.91 Å². The molecule has 150 valence electrons. The standard InChI is InChI=1S/C19H18ClFN6OS/c20-15-3-1-2-14(16(15)21)17(28)27-9-7-26(8-10-27)12-13-4-5-22-18(24-13)25-19-23-6-11-29-19/h1-6,11H,7-10,12H2,(H,22,23,24,25). The second-order valence-corrected chi connectivity index (χ2v) is 7.81. The molecular weight excluding hydrogens is 415 g/mol. The summed E-state index contributed by atoms with van der Waals surface area (Å²) in [6.07, 6.45) is 3.42. The molecule has 0 bridgehead atoms. The average molecular weight is 433 g/mol. The van der Waals surface area contributed by atoms with Crippen LogP contribution in [0.2, 0.25) is 5.02 Å². The van der Waals surface area contributed by atoms with E-state index in [-0.39, 0.29) is 16.5 Å². The third-order valence-corrected chi connectivity index (χ3v) is 5.57. The molecule has 1 aliphatic rings. The fraction of sp³-hybridized carbons (Fsp3) is 0.263. The number of amides is 1. The molecule has 3 heterocycles. The molecule has 0 saturated carbocycles. The van der Waals surface area contributed by atoms with Crippen LogP contribution < -0.4 is 5.32 Å². The number of carbonyl (C=O) groups is 1. The molecular formula is C19H18ClFN6OS. The quantitative estimate of drug-likeness (QED) is 0.665. The van der Waals surface area contributed by atoms with E-state index >= 15 is 0 Å².